The second kappa shape index (κ2) is 36.0. The van der Waals surface area contributed by atoms with Crippen molar-refractivity contribution >= 4 is 50.6 Å². The molecule has 4 aromatic rings. The monoisotopic (exact) mass is 1130 g/mol. The summed E-state index contributed by atoms with van der Waals surface area (Å²) in [4.78, 5) is 23.3. The van der Waals surface area contributed by atoms with E-state index in [9.17, 15) is 9.59 Å². The lowest BCUT2D eigenvalue weighted by Crippen LogP contribution is -2.29. The number of nitrogens with zero attached hydrogens (tertiary/aromatic N) is 2. The average Bonchev–Trinajstić information content (AvgIpc) is 3.99. The van der Waals surface area contributed by atoms with Crippen LogP contribution in [0.1, 0.15) is 38.8 Å². The van der Waals surface area contributed by atoms with Crippen molar-refractivity contribution in [1.29, 1.82) is 0 Å². The first-order valence-corrected chi connectivity index (χ1v) is 28.1. The Balaban J connectivity index is 0.950. The van der Waals surface area contributed by atoms with Gasteiger partial charge in [-0.15, -0.1) is 0 Å². The molecule has 4 aromatic carbocycles. The van der Waals surface area contributed by atoms with Crippen LogP contribution >= 0.6 is 0 Å². The number of ether oxygens (including phenoxy) is 12. The van der Waals surface area contributed by atoms with Crippen LogP contribution in [0.25, 0.3) is 21.5 Å². The van der Waals surface area contributed by atoms with Crippen LogP contribution in [0.2, 0.25) is 0 Å². The van der Waals surface area contributed by atoms with Crippen molar-refractivity contribution < 1.29 is 81.2 Å². The van der Waals surface area contributed by atoms with E-state index in [1.165, 1.54) is 55.5 Å². The number of allylic oxidation sites excluding steroid dienone is 8. The first-order valence-electron chi connectivity index (χ1n) is 28.1. The van der Waals surface area contributed by atoms with Gasteiger partial charge in [-0.1, -0.05) is 98.8 Å². The van der Waals surface area contributed by atoms with Crippen LogP contribution in [0.5, 0.6) is 0 Å². The van der Waals surface area contributed by atoms with Crippen molar-refractivity contribution in [1.82, 2.24) is 0 Å². The summed E-state index contributed by atoms with van der Waals surface area (Å²) in [7, 11) is 0. The number of aliphatic carboxylic acids is 2. The molecule has 0 bridgehead atoms. The van der Waals surface area contributed by atoms with Gasteiger partial charge in [-0.05, 0) is 59.2 Å². The Bertz CT molecular complexity index is 2700. The molecule has 2 heterocycles. The highest BCUT2D eigenvalue weighted by atomic mass is 16.6. The molecular weight excluding hydrogens is 1040 g/mol. The van der Waals surface area contributed by atoms with Crippen LogP contribution < -0.4 is 4.90 Å². The molecule has 0 amide bonds. The lowest BCUT2D eigenvalue weighted by atomic mass is 9.79. The predicted octanol–water partition coefficient (Wildman–Crippen LogP) is 8.09. The Morgan fingerprint density at radius 3 is 1.32 bits per heavy atom. The van der Waals surface area contributed by atoms with Crippen molar-refractivity contribution in [3.05, 3.63) is 132 Å². The maximum absolute atomic E-state index is 10.5. The molecule has 0 aromatic heterocycles. The van der Waals surface area contributed by atoms with Gasteiger partial charge in [0.25, 0.3) is 0 Å². The Morgan fingerprint density at radius 2 is 0.840 bits per heavy atom. The predicted molar refractivity (Wildman–Crippen MR) is 312 cm³/mol. The highest BCUT2D eigenvalue weighted by Gasteiger charge is 2.45. The van der Waals surface area contributed by atoms with E-state index in [-0.39, 0.29) is 37.3 Å². The van der Waals surface area contributed by atoms with Crippen LogP contribution in [0.15, 0.2) is 121 Å². The molecule has 18 nitrogen and oxygen atoms in total. The molecule has 6 rings (SSSR count). The normalized spacial score (nSPS) is 15.3. The van der Waals surface area contributed by atoms with Crippen LogP contribution in [0.3, 0.4) is 0 Å². The summed E-state index contributed by atoms with van der Waals surface area (Å²) in [5.74, 6) is -2.00. The van der Waals surface area contributed by atoms with Gasteiger partial charge in [0.2, 0.25) is 5.69 Å². The third kappa shape index (κ3) is 20.9. The number of carbonyl (C=O) groups is 2. The molecule has 0 aliphatic carbocycles. The largest absolute Gasteiger partial charge is 0.480 e. The fraction of sp³-hybridized carbons (Fsp3) is 0.508. The summed E-state index contributed by atoms with van der Waals surface area (Å²) in [5, 5.41) is 22.1. The Labute approximate surface area is 477 Å². The Hall–Kier alpha value is -5.71. The molecule has 2 aliphatic rings. The topological polar surface area (TPSA) is 192 Å². The molecule has 2 N–H and O–H groups in total. The number of rotatable bonds is 44. The second-order valence-corrected chi connectivity index (χ2v) is 20.0. The lowest BCUT2D eigenvalue weighted by Gasteiger charge is -2.27. The molecule has 81 heavy (non-hydrogen) atoms. The summed E-state index contributed by atoms with van der Waals surface area (Å²) < 4.78 is 68.9. The minimum absolute atomic E-state index is 0.228. The summed E-state index contributed by atoms with van der Waals surface area (Å²) in [5.41, 5.74) is 6.92. The van der Waals surface area contributed by atoms with Gasteiger partial charge < -0.3 is 72.0 Å². The van der Waals surface area contributed by atoms with E-state index in [1.54, 1.807) is 0 Å². The molecule has 0 fully saturated rings. The maximum atomic E-state index is 10.5. The number of benzene rings is 4. The van der Waals surface area contributed by atoms with Crippen molar-refractivity contribution in [2.24, 2.45) is 0 Å². The summed E-state index contributed by atoms with van der Waals surface area (Å²) in [6.45, 7) is 19.2. The van der Waals surface area contributed by atoms with E-state index >= 15 is 0 Å². The quantitative estimate of drug-likeness (QED) is 0.0245. The van der Waals surface area contributed by atoms with Crippen molar-refractivity contribution in [3.63, 3.8) is 0 Å². The summed E-state index contributed by atoms with van der Waals surface area (Å²) in [6, 6.07) is 26.1. The highest BCUT2D eigenvalue weighted by molar-refractivity contribution is 6.07. The molecule has 0 saturated carbocycles. The summed E-state index contributed by atoms with van der Waals surface area (Å²) >= 11 is 0. The molecule has 0 unspecified atom stereocenters. The van der Waals surface area contributed by atoms with Crippen molar-refractivity contribution in [3.8, 4) is 0 Å². The number of hydrogen-bond donors (Lipinski definition) is 2. The minimum atomic E-state index is -1.00. The molecule has 0 saturated heterocycles. The van der Waals surface area contributed by atoms with E-state index in [1.807, 2.05) is 0 Å². The van der Waals surface area contributed by atoms with Crippen molar-refractivity contribution in [2.45, 2.75) is 38.5 Å². The SMILES string of the molecule is CC1(C)C(/C=C/C=C/C=C/C=C2\N(CCOCCOCCOCCOCCOCCOCC(=O)O)c3ccc4ccccc4c3C2(C)C)=[N+](CCOCCOCCOCCOCCOCCOCC(=O)O)c2ccc3ccccc3c21. The van der Waals surface area contributed by atoms with E-state index in [0.29, 0.717) is 145 Å². The third-order valence-corrected chi connectivity index (χ3v) is 13.6. The zero-order valence-corrected chi connectivity index (χ0v) is 47.9. The number of carboxylic acids is 2. The van der Waals surface area contributed by atoms with E-state index in [0.717, 1.165) is 0 Å². The molecule has 442 valence electrons. The van der Waals surface area contributed by atoms with Crippen molar-refractivity contribution in [2.75, 3.05) is 177 Å². The first-order chi connectivity index (χ1) is 39.5. The van der Waals surface area contributed by atoms with Crippen LogP contribution in [-0.2, 0) is 77.3 Å². The van der Waals surface area contributed by atoms with E-state index < -0.39 is 11.9 Å². The van der Waals surface area contributed by atoms with E-state index in [2.05, 4.69) is 152 Å². The number of carboxylic acid groups (broad SMARTS) is 2. The average molecular weight is 1130 g/mol. The van der Waals surface area contributed by atoms with Gasteiger partial charge >= 0.3 is 11.9 Å². The van der Waals surface area contributed by atoms with Crippen LogP contribution in [-0.4, -0.2) is 204 Å². The number of hydrogen-bond acceptors (Lipinski definition) is 15. The Kier molecular flexibility index (Phi) is 28.6. The second-order valence-electron chi connectivity index (χ2n) is 20.0. The van der Waals surface area contributed by atoms with Gasteiger partial charge in [0.05, 0.1) is 144 Å². The summed E-state index contributed by atoms with van der Waals surface area (Å²) in [6.07, 6.45) is 15.0. The van der Waals surface area contributed by atoms with Gasteiger partial charge in [0.15, 0.2) is 12.3 Å². The number of fused-ring (bicyclic) bond motifs is 6. The van der Waals surface area contributed by atoms with E-state index in [4.69, 9.17) is 67.1 Å². The zero-order chi connectivity index (χ0) is 57.4. The first kappa shape index (κ1) is 64.5. The van der Waals surface area contributed by atoms with Gasteiger partial charge in [-0.25, -0.2) is 9.59 Å². The van der Waals surface area contributed by atoms with Gasteiger partial charge in [-0.3, -0.25) is 0 Å². The minimum Gasteiger partial charge on any atom is -0.480 e. The fourth-order valence-electron chi connectivity index (χ4n) is 9.87. The smallest absolute Gasteiger partial charge is 0.329 e. The molecule has 2 aliphatic heterocycles. The zero-order valence-electron chi connectivity index (χ0n) is 47.9. The third-order valence-electron chi connectivity index (χ3n) is 13.6. The fourth-order valence-corrected chi connectivity index (χ4v) is 9.87. The molecule has 18 heteroatoms. The lowest BCUT2D eigenvalue weighted by molar-refractivity contribution is -0.442. The van der Waals surface area contributed by atoms with Gasteiger partial charge in [0.1, 0.15) is 19.8 Å². The van der Waals surface area contributed by atoms with Crippen LogP contribution in [0.4, 0.5) is 11.4 Å². The van der Waals surface area contributed by atoms with Gasteiger partial charge in [0, 0.05) is 41.1 Å². The van der Waals surface area contributed by atoms with Crippen LogP contribution in [0, 0.1) is 0 Å². The standard InChI is InChI=1S/C63H84N2O16/c1-62(2)56(64(54-22-20-50-14-10-12-16-52(50)60(54)62)24-26-70-28-30-72-32-34-74-36-38-76-40-42-78-44-46-80-48-58(66)67)18-8-6-5-7-9-19-57-63(3,4)61-53-17-13-11-15-51(53)21-23-55(61)65(57)25-27-71-29-31-73-33-35-75-37-39-77-41-43-79-45-47-81-49-59(68)69/h5-23H,24-49H2,1-4H3,(H-,66,67,68,69)/p+1. The van der Waals surface area contributed by atoms with Gasteiger partial charge in [-0.2, -0.15) is 4.58 Å². The highest BCUT2D eigenvalue weighted by Crippen LogP contribution is 2.50. The number of anilines is 1. The molecule has 0 atom stereocenters. The molecule has 0 radical (unpaired) electrons. The Morgan fingerprint density at radius 1 is 0.444 bits per heavy atom. The molecule has 0 spiro atoms. The maximum Gasteiger partial charge on any atom is 0.329 e. The molecular formula is C63H85N2O16+.